The first-order chi connectivity index (χ1) is 13.3. The minimum absolute atomic E-state index is 0.137. The van der Waals surface area contributed by atoms with Gasteiger partial charge in [-0.05, 0) is 39.5 Å². The molecule has 2 heterocycles. The molecule has 2 saturated heterocycles. The van der Waals surface area contributed by atoms with Crippen LogP contribution >= 0.6 is 0 Å². The summed E-state index contributed by atoms with van der Waals surface area (Å²) in [5.74, 6) is 0.504. The standard InChI is InChI=1S/C22H37N3O4/c1-20(2,3)17(26)23-10-12-24(13-11-23)18(27)22-9-7-8-16(22)14-25(15-22)19(28)29-21(4,5)6/h16H,7-15H2,1-6H3/t16-,22-/m1/s1. The van der Waals surface area contributed by atoms with Crippen molar-refractivity contribution < 1.29 is 19.1 Å². The Morgan fingerprint density at radius 3 is 2.03 bits per heavy atom. The molecule has 3 aliphatic rings. The van der Waals surface area contributed by atoms with Crippen molar-refractivity contribution >= 4 is 17.9 Å². The zero-order valence-electron chi connectivity index (χ0n) is 18.9. The van der Waals surface area contributed by atoms with E-state index in [1.807, 2.05) is 51.3 Å². The highest BCUT2D eigenvalue weighted by Gasteiger charge is 2.57. The van der Waals surface area contributed by atoms with Crippen LogP contribution in [0, 0.1) is 16.7 Å². The van der Waals surface area contributed by atoms with Gasteiger partial charge in [-0.2, -0.15) is 0 Å². The molecule has 0 bridgehead atoms. The summed E-state index contributed by atoms with van der Waals surface area (Å²) >= 11 is 0. The van der Waals surface area contributed by atoms with Gasteiger partial charge in [0.1, 0.15) is 5.60 Å². The summed E-state index contributed by atoms with van der Waals surface area (Å²) < 4.78 is 5.55. The normalized spacial score (nSPS) is 27.8. The lowest BCUT2D eigenvalue weighted by Gasteiger charge is -2.41. The molecule has 29 heavy (non-hydrogen) atoms. The third kappa shape index (κ3) is 4.38. The fourth-order valence-corrected chi connectivity index (χ4v) is 5.01. The zero-order chi connectivity index (χ0) is 21.6. The van der Waals surface area contributed by atoms with Crippen LogP contribution in [0.1, 0.15) is 60.8 Å². The number of piperazine rings is 1. The van der Waals surface area contributed by atoms with Crippen LogP contribution in [0.2, 0.25) is 0 Å². The van der Waals surface area contributed by atoms with E-state index in [9.17, 15) is 14.4 Å². The highest BCUT2D eigenvalue weighted by Crippen LogP contribution is 2.50. The summed E-state index contributed by atoms with van der Waals surface area (Å²) in [4.78, 5) is 44.2. The van der Waals surface area contributed by atoms with E-state index in [1.165, 1.54) is 0 Å². The molecule has 0 radical (unpaired) electrons. The Morgan fingerprint density at radius 2 is 1.48 bits per heavy atom. The molecule has 164 valence electrons. The first kappa shape index (κ1) is 21.9. The van der Waals surface area contributed by atoms with Crippen molar-refractivity contribution in [3.63, 3.8) is 0 Å². The molecule has 3 fully saturated rings. The molecule has 0 spiro atoms. The Morgan fingerprint density at radius 1 is 0.897 bits per heavy atom. The largest absolute Gasteiger partial charge is 0.444 e. The number of ether oxygens (including phenoxy) is 1. The molecular formula is C22H37N3O4. The maximum Gasteiger partial charge on any atom is 0.410 e. The van der Waals surface area contributed by atoms with Crippen molar-refractivity contribution in [3.8, 4) is 0 Å². The van der Waals surface area contributed by atoms with Crippen molar-refractivity contribution in [2.45, 2.75) is 66.4 Å². The Labute approximate surface area is 174 Å². The average molecular weight is 408 g/mol. The number of carbonyl (C=O) groups is 3. The lowest BCUT2D eigenvalue weighted by Crippen LogP contribution is -2.56. The van der Waals surface area contributed by atoms with Gasteiger partial charge in [0.15, 0.2) is 0 Å². The van der Waals surface area contributed by atoms with Gasteiger partial charge in [-0.3, -0.25) is 9.59 Å². The molecule has 7 nitrogen and oxygen atoms in total. The lowest BCUT2D eigenvalue weighted by molar-refractivity contribution is -0.150. The topological polar surface area (TPSA) is 70.2 Å². The van der Waals surface area contributed by atoms with Crippen LogP contribution < -0.4 is 0 Å². The molecule has 0 aromatic carbocycles. The van der Waals surface area contributed by atoms with Gasteiger partial charge >= 0.3 is 6.09 Å². The zero-order valence-corrected chi connectivity index (χ0v) is 18.9. The van der Waals surface area contributed by atoms with E-state index in [0.29, 0.717) is 39.3 Å². The Kier molecular flexibility index (Phi) is 5.65. The van der Waals surface area contributed by atoms with Crippen LogP contribution in [-0.2, 0) is 14.3 Å². The number of amides is 3. The second-order valence-electron chi connectivity index (χ2n) is 10.9. The number of hydrogen-bond acceptors (Lipinski definition) is 4. The van der Waals surface area contributed by atoms with Gasteiger partial charge in [0.05, 0.1) is 5.41 Å². The summed E-state index contributed by atoms with van der Waals surface area (Å²) in [7, 11) is 0. The number of carbonyl (C=O) groups excluding carboxylic acids is 3. The number of likely N-dealkylation sites (tertiary alicyclic amines) is 1. The van der Waals surface area contributed by atoms with Gasteiger partial charge in [0.2, 0.25) is 11.8 Å². The first-order valence-corrected chi connectivity index (χ1v) is 10.9. The summed E-state index contributed by atoms with van der Waals surface area (Å²) in [6.07, 6.45) is 2.52. The minimum Gasteiger partial charge on any atom is -0.444 e. The van der Waals surface area contributed by atoms with E-state index in [-0.39, 0.29) is 23.8 Å². The second kappa shape index (κ2) is 7.47. The summed E-state index contributed by atoms with van der Waals surface area (Å²) in [5.41, 5.74) is -1.42. The van der Waals surface area contributed by atoms with Crippen molar-refractivity contribution in [3.05, 3.63) is 0 Å². The lowest BCUT2D eigenvalue weighted by atomic mass is 9.79. The quantitative estimate of drug-likeness (QED) is 0.670. The van der Waals surface area contributed by atoms with Crippen LogP contribution in [0.25, 0.3) is 0 Å². The number of nitrogens with zero attached hydrogens (tertiary/aromatic N) is 3. The number of fused-ring (bicyclic) bond motifs is 1. The third-order valence-corrected chi connectivity index (χ3v) is 6.44. The van der Waals surface area contributed by atoms with E-state index in [0.717, 1.165) is 19.3 Å². The smallest absolute Gasteiger partial charge is 0.410 e. The molecule has 3 rings (SSSR count). The van der Waals surface area contributed by atoms with E-state index in [1.54, 1.807) is 4.90 Å². The SMILES string of the molecule is CC(C)(C)OC(=O)N1C[C@H]2CCC[C@@]2(C(=O)N2CCN(C(=O)C(C)(C)C)CC2)C1. The van der Waals surface area contributed by atoms with Gasteiger partial charge in [0.25, 0.3) is 0 Å². The highest BCUT2D eigenvalue weighted by molar-refractivity contribution is 5.86. The fraction of sp³-hybridized carbons (Fsp3) is 0.864. The Balaban J connectivity index is 1.66. The van der Waals surface area contributed by atoms with Crippen LogP contribution in [0.3, 0.4) is 0 Å². The fourth-order valence-electron chi connectivity index (χ4n) is 5.01. The maximum absolute atomic E-state index is 13.6. The van der Waals surface area contributed by atoms with Gasteiger partial charge in [-0.25, -0.2) is 4.79 Å². The first-order valence-electron chi connectivity index (χ1n) is 10.9. The number of rotatable bonds is 1. The number of hydrogen-bond donors (Lipinski definition) is 0. The van der Waals surface area contributed by atoms with Crippen molar-refractivity contribution in [2.24, 2.45) is 16.7 Å². The maximum atomic E-state index is 13.6. The van der Waals surface area contributed by atoms with Crippen LogP contribution in [-0.4, -0.2) is 77.5 Å². The molecule has 7 heteroatoms. The van der Waals surface area contributed by atoms with Crippen molar-refractivity contribution in [2.75, 3.05) is 39.3 Å². The summed E-state index contributed by atoms with van der Waals surface area (Å²) in [5, 5.41) is 0. The molecule has 0 aromatic heterocycles. The highest BCUT2D eigenvalue weighted by atomic mass is 16.6. The van der Waals surface area contributed by atoms with Gasteiger partial charge in [-0.15, -0.1) is 0 Å². The Bertz CT molecular complexity index is 671. The molecule has 3 amide bonds. The average Bonchev–Trinajstić information content (AvgIpc) is 3.16. The van der Waals surface area contributed by atoms with Crippen LogP contribution in [0.4, 0.5) is 4.79 Å². The molecule has 2 aliphatic heterocycles. The summed E-state index contributed by atoms with van der Waals surface area (Å²) in [6, 6.07) is 0. The molecule has 1 aliphatic carbocycles. The van der Waals surface area contributed by atoms with Gasteiger partial charge in [0, 0.05) is 44.7 Å². The van der Waals surface area contributed by atoms with E-state index in [4.69, 9.17) is 4.74 Å². The molecule has 0 aromatic rings. The van der Waals surface area contributed by atoms with Crippen molar-refractivity contribution in [1.82, 2.24) is 14.7 Å². The molecule has 2 atom stereocenters. The van der Waals surface area contributed by atoms with E-state index < -0.39 is 16.4 Å². The molecular weight excluding hydrogens is 370 g/mol. The van der Waals surface area contributed by atoms with Crippen molar-refractivity contribution in [1.29, 1.82) is 0 Å². The third-order valence-electron chi connectivity index (χ3n) is 6.44. The van der Waals surface area contributed by atoms with Gasteiger partial charge in [-0.1, -0.05) is 27.2 Å². The Hall–Kier alpha value is -1.79. The monoisotopic (exact) mass is 407 g/mol. The molecule has 0 unspecified atom stereocenters. The van der Waals surface area contributed by atoms with E-state index in [2.05, 4.69) is 0 Å². The van der Waals surface area contributed by atoms with Crippen LogP contribution in [0.5, 0.6) is 0 Å². The molecule has 1 saturated carbocycles. The second-order valence-corrected chi connectivity index (χ2v) is 10.9. The predicted molar refractivity (Wildman–Crippen MR) is 110 cm³/mol. The predicted octanol–water partition coefficient (Wildman–Crippen LogP) is 2.74. The molecule has 0 N–H and O–H groups in total. The van der Waals surface area contributed by atoms with Crippen LogP contribution in [0.15, 0.2) is 0 Å². The minimum atomic E-state index is -0.540. The van der Waals surface area contributed by atoms with E-state index >= 15 is 0 Å². The summed E-state index contributed by atoms with van der Waals surface area (Å²) in [6.45, 7) is 14.7. The van der Waals surface area contributed by atoms with Gasteiger partial charge < -0.3 is 19.4 Å².